The highest BCUT2D eigenvalue weighted by Crippen LogP contribution is 2.34. The summed E-state index contributed by atoms with van der Waals surface area (Å²) in [6.07, 6.45) is 3.54. The first kappa shape index (κ1) is 17.7. The van der Waals surface area contributed by atoms with Crippen molar-refractivity contribution in [2.75, 3.05) is 40.1 Å². The minimum Gasteiger partial charge on any atom is -0.492 e. The van der Waals surface area contributed by atoms with E-state index in [4.69, 9.17) is 18.9 Å². The summed E-state index contributed by atoms with van der Waals surface area (Å²) in [7, 11) is 1.56. The molecule has 1 aliphatic rings. The van der Waals surface area contributed by atoms with E-state index in [1.54, 1.807) is 19.5 Å². The van der Waals surface area contributed by atoms with Crippen molar-refractivity contribution in [1.29, 1.82) is 0 Å². The molecule has 0 spiro atoms. The molecule has 1 fully saturated rings. The molecular formula is C21H22N2O4. The van der Waals surface area contributed by atoms with Crippen molar-refractivity contribution in [1.82, 2.24) is 9.97 Å². The Bertz CT molecular complexity index is 890. The van der Waals surface area contributed by atoms with Crippen LogP contribution in [0.15, 0.2) is 48.8 Å². The van der Waals surface area contributed by atoms with Gasteiger partial charge in [0.25, 0.3) is 0 Å². The van der Waals surface area contributed by atoms with Gasteiger partial charge in [-0.3, -0.25) is 0 Å². The molecule has 3 aromatic rings. The number of rotatable bonds is 5. The van der Waals surface area contributed by atoms with Gasteiger partial charge in [0.2, 0.25) is 0 Å². The van der Waals surface area contributed by atoms with Crippen LogP contribution < -0.4 is 9.47 Å². The third-order valence-electron chi connectivity index (χ3n) is 4.56. The summed E-state index contributed by atoms with van der Waals surface area (Å²) >= 11 is 0. The second-order valence-electron chi connectivity index (χ2n) is 6.44. The summed E-state index contributed by atoms with van der Waals surface area (Å²) in [6, 6.07) is 12.6. The number of benzene rings is 2. The Morgan fingerprint density at radius 1 is 0.963 bits per heavy atom. The van der Waals surface area contributed by atoms with Gasteiger partial charge in [0.15, 0.2) is 0 Å². The maximum absolute atomic E-state index is 6.13. The average Bonchev–Trinajstić information content (AvgIpc) is 3.01. The van der Waals surface area contributed by atoms with Crippen LogP contribution in [-0.2, 0) is 9.47 Å². The third-order valence-corrected chi connectivity index (χ3v) is 4.56. The van der Waals surface area contributed by atoms with Crippen LogP contribution in [0.25, 0.3) is 21.9 Å². The lowest BCUT2D eigenvalue weighted by Gasteiger charge is -2.17. The average molecular weight is 366 g/mol. The molecule has 0 bridgehead atoms. The maximum atomic E-state index is 6.13. The highest BCUT2D eigenvalue weighted by Gasteiger charge is 2.15. The molecule has 0 amide bonds. The van der Waals surface area contributed by atoms with Crippen LogP contribution in [-0.4, -0.2) is 50.1 Å². The number of methoxy groups -OCH3 is 1. The Labute approximate surface area is 158 Å². The second kappa shape index (κ2) is 8.33. The summed E-state index contributed by atoms with van der Waals surface area (Å²) in [5.41, 5.74) is 1.99. The SMILES string of the molecule is COc1ncc(-c2ccc(OCC3COCCOC3)c3ccccc23)cn1. The van der Waals surface area contributed by atoms with E-state index >= 15 is 0 Å². The zero-order chi connectivity index (χ0) is 18.5. The van der Waals surface area contributed by atoms with Crippen molar-refractivity contribution in [3.8, 4) is 22.9 Å². The fourth-order valence-corrected chi connectivity index (χ4v) is 3.18. The number of hydrogen-bond donors (Lipinski definition) is 0. The molecule has 1 saturated heterocycles. The number of aromatic nitrogens is 2. The molecule has 6 nitrogen and oxygen atoms in total. The second-order valence-corrected chi connectivity index (χ2v) is 6.44. The van der Waals surface area contributed by atoms with Crippen LogP contribution in [0.1, 0.15) is 0 Å². The summed E-state index contributed by atoms with van der Waals surface area (Å²) in [4.78, 5) is 8.43. The minimum atomic E-state index is 0.237. The fraction of sp³-hybridized carbons (Fsp3) is 0.333. The van der Waals surface area contributed by atoms with Gasteiger partial charge in [0.05, 0.1) is 40.1 Å². The lowest BCUT2D eigenvalue weighted by molar-refractivity contribution is 0.101. The van der Waals surface area contributed by atoms with Crippen LogP contribution in [0.2, 0.25) is 0 Å². The van der Waals surface area contributed by atoms with Crippen molar-refractivity contribution in [2.24, 2.45) is 5.92 Å². The van der Waals surface area contributed by atoms with Gasteiger partial charge in [0.1, 0.15) is 5.75 Å². The molecule has 2 heterocycles. The summed E-state index contributed by atoms with van der Waals surface area (Å²) < 4.78 is 22.3. The monoisotopic (exact) mass is 366 g/mol. The van der Waals surface area contributed by atoms with Crippen LogP contribution in [0.5, 0.6) is 11.8 Å². The normalized spacial score (nSPS) is 15.4. The van der Waals surface area contributed by atoms with Gasteiger partial charge in [-0.15, -0.1) is 0 Å². The largest absolute Gasteiger partial charge is 0.492 e. The smallest absolute Gasteiger partial charge is 0.316 e. The molecule has 2 aromatic carbocycles. The number of hydrogen-bond acceptors (Lipinski definition) is 6. The maximum Gasteiger partial charge on any atom is 0.316 e. The van der Waals surface area contributed by atoms with Crippen molar-refractivity contribution in [2.45, 2.75) is 0 Å². The number of ether oxygens (including phenoxy) is 4. The minimum absolute atomic E-state index is 0.237. The van der Waals surface area contributed by atoms with E-state index in [0.717, 1.165) is 27.6 Å². The van der Waals surface area contributed by atoms with E-state index in [2.05, 4.69) is 22.1 Å². The predicted molar refractivity (Wildman–Crippen MR) is 102 cm³/mol. The number of fused-ring (bicyclic) bond motifs is 1. The lowest BCUT2D eigenvalue weighted by Crippen LogP contribution is -2.20. The molecular weight excluding hydrogens is 344 g/mol. The van der Waals surface area contributed by atoms with Crippen molar-refractivity contribution in [3.05, 3.63) is 48.8 Å². The Balaban J connectivity index is 1.61. The van der Waals surface area contributed by atoms with Crippen molar-refractivity contribution < 1.29 is 18.9 Å². The molecule has 140 valence electrons. The van der Waals surface area contributed by atoms with Crippen LogP contribution in [0.4, 0.5) is 0 Å². The van der Waals surface area contributed by atoms with Gasteiger partial charge in [-0.2, -0.15) is 0 Å². The van der Waals surface area contributed by atoms with Crippen molar-refractivity contribution >= 4 is 10.8 Å². The third kappa shape index (κ3) is 4.02. The topological polar surface area (TPSA) is 62.7 Å². The van der Waals surface area contributed by atoms with Crippen LogP contribution in [0.3, 0.4) is 0 Å². The Hall–Kier alpha value is -2.70. The van der Waals surface area contributed by atoms with Crippen LogP contribution in [0, 0.1) is 5.92 Å². The summed E-state index contributed by atoms with van der Waals surface area (Å²) in [5.74, 6) is 1.09. The molecule has 0 unspecified atom stereocenters. The quantitative estimate of drug-likeness (QED) is 0.690. The van der Waals surface area contributed by atoms with Gasteiger partial charge in [0, 0.05) is 29.3 Å². The van der Waals surface area contributed by atoms with E-state index in [1.165, 1.54) is 0 Å². The van der Waals surface area contributed by atoms with Crippen LogP contribution >= 0.6 is 0 Å². The van der Waals surface area contributed by atoms with Gasteiger partial charge >= 0.3 is 6.01 Å². The zero-order valence-electron chi connectivity index (χ0n) is 15.3. The first-order valence-electron chi connectivity index (χ1n) is 9.01. The molecule has 6 heteroatoms. The Morgan fingerprint density at radius 2 is 1.67 bits per heavy atom. The van der Waals surface area contributed by atoms with E-state index in [1.807, 2.05) is 24.3 Å². The first-order chi connectivity index (χ1) is 13.3. The van der Waals surface area contributed by atoms with E-state index in [0.29, 0.717) is 39.0 Å². The van der Waals surface area contributed by atoms with Gasteiger partial charge < -0.3 is 18.9 Å². The Kier molecular flexibility index (Phi) is 5.46. The standard InChI is InChI=1S/C21H22N2O4/c1-24-21-22-10-16(11-23-21)17-6-7-20(19-5-3-2-4-18(17)19)27-14-15-12-25-8-9-26-13-15/h2-7,10-11,15H,8-9,12-14H2,1H3. The van der Waals surface area contributed by atoms with E-state index in [-0.39, 0.29) is 5.92 Å². The molecule has 1 aliphatic heterocycles. The summed E-state index contributed by atoms with van der Waals surface area (Å²) in [5, 5.41) is 2.15. The molecule has 0 N–H and O–H groups in total. The summed E-state index contributed by atoms with van der Waals surface area (Å²) in [6.45, 7) is 3.20. The molecule has 0 radical (unpaired) electrons. The zero-order valence-corrected chi connectivity index (χ0v) is 15.3. The van der Waals surface area contributed by atoms with E-state index in [9.17, 15) is 0 Å². The first-order valence-corrected chi connectivity index (χ1v) is 9.01. The molecule has 0 atom stereocenters. The van der Waals surface area contributed by atoms with E-state index < -0.39 is 0 Å². The molecule has 27 heavy (non-hydrogen) atoms. The molecule has 0 saturated carbocycles. The highest BCUT2D eigenvalue weighted by molar-refractivity contribution is 5.99. The Morgan fingerprint density at radius 3 is 2.37 bits per heavy atom. The lowest BCUT2D eigenvalue weighted by atomic mass is 9.99. The van der Waals surface area contributed by atoms with Gasteiger partial charge in [-0.25, -0.2) is 9.97 Å². The molecule has 0 aliphatic carbocycles. The predicted octanol–water partition coefficient (Wildman–Crippen LogP) is 3.35. The highest BCUT2D eigenvalue weighted by atomic mass is 16.5. The van der Waals surface area contributed by atoms with Gasteiger partial charge in [-0.1, -0.05) is 24.3 Å². The fourth-order valence-electron chi connectivity index (χ4n) is 3.18. The van der Waals surface area contributed by atoms with Gasteiger partial charge in [-0.05, 0) is 23.1 Å². The molecule has 4 rings (SSSR count). The molecule has 1 aromatic heterocycles. The number of nitrogens with zero attached hydrogens (tertiary/aromatic N) is 2. The van der Waals surface area contributed by atoms with Crippen molar-refractivity contribution in [3.63, 3.8) is 0 Å².